The molecule has 3 aromatic rings. The van der Waals surface area contributed by atoms with E-state index >= 15 is 0 Å². The third kappa shape index (κ3) is 3.72. The van der Waals surface area contributed by atoms with Crippen LogP contribution in [0, 0.1) is 0 Å². The number of likely N-dealkylation sites (tertiary alicyclic amines) is 1. The summed E-state index contributed by atoms with van der Waals surface area (Å²) in [5, 5.41) is 4.66. The number of amides is 1. The molecule has 0 N–H and O–H groups in total. The molecule has 1 aliphatic heterocycles. The zero-order valence-electron chi connectivity index (χ0n) is 17.2. The third-order valence-corrected chi connectivity index (χ3v) is 5.35. The molecule has 0 radical (unpaired) electrons. The zero-order valence-corrected chi connectivity index (χ0v) is 17.2. The van der Waals surface area contributed by atoms with Gasteiger partial charge in [-0.25, -0.2) is 14.6 Å². The monoisotopic (exact) mass is 407 g/mol. The maximum Gasteiger partial charge on any atom is 0.254 e. The number of carbonyl (C=O) groups is 1. The normalized spacial score (nSPS) is 16.5. The Morgan fingerprint density at radius 3 is 2.93 bits per heavy atom. The van der Waals surface area contributed by atoms with Crippen molar-refractivity contribution < 1.29 is 14.3 Å². The van der Waals surface area contributed by atoms with E-state index in [2.05, 4.69) is 21.6 Å². The summed E-state index contributed by atoms with van der Waals surface area (Å²) in [7, 11) is 3.43. The number of piperidine rings is 1. The second kappa shape index (κ2) is 8.52. The Hall–Kier alpha value is -3.42. The van der Waals surface area contributed by atoms with Crippen molar-refractivity contribution >= 4 is 17.1 Å². The largest absolute Gasteiger partial charge is 0.493 e. The highest BCUT2D eigenvalue weighted by molar-refractivity contribution is 5.95. The third-order valence-electron chi connectivity index (χ3n) is 5.35. The average Bonchev–Trinajstić information content (AvgIpc) is 3.14. The van der Waals surface area contributed by atoms with Crippen molar-refractivity contribution in [2.75, 3.05) is 26.8 Å². The number of carbonyl (C=O) groups excluding carboxylic acids is 1. The van der Waals surface area contributed by atoms with Crippen LogP contribution in [0.2, 0.25) is 0 Å². The lowest BCUT2D eigenvalue weighted by Gasteiger charge is -2.32. The number of benzene rings is 1. The van der Waals surface area contributed by atoms with Gasteiger partial charge in [-0.1, -0.05) is 12.7 Å². The van der Waals surface area contributed by atoms with Gasteiger partial charge in [-0.05, 0) is 31.0 Å². The van der Waals surface area contributed by atoms with E-state index in [0.717, 1.165) is 29.7 Å². The van der Waals surface area contributed by atoms with Crippen LogP contribution < -0.4 is 9.47 Å². The smallest absolute Gasteiger partial charge is 0.254 e. The molecule has 8 nitrogen and oxygen atoms in total. The number of hydrogen-bond acceptors (Lipinski definition) is 6. The minimum absolute atomic E-state index is 0.0282. The van der Waals surface area contributed by atoms with E-state index in [1.807, 2.05) is 11.9 Å². The van der Waals surface area contributed by atoms with Crippen molar-refractivity contribution in [2.45, 2.75) is 18.8 Å². The molecule has 1 unspecified atom stereocenters. The summed E-state index contributed by atoms with van der Waals surface area (Å²) >= 11 is 0. The van der Waals surface area contributed by atoms with Gasteiger partial charge in [-0.2, -0.15) is 5.10 Å². The number of ether oxygens (including phenoxy) is 2. The predicted molar refractivity (Wildman–Crippen MR) is 113 cm³/mol. The Morgan fingerprint density at radius 1 is 1.30 bits per heavy atom. The molecule has 0 aliphatic carbocycles. The number of nitrogens with zero attached hydrogens (tertiary/aromatic N) is 5. The van der Waals surface area contributed by atoms with Gasteiger partial charge >= 0.3 is 0 Å². The standard InChI is InChI=1S/C22H25N5O3/c1-4-12-30-17-8-7-15(13-18(17)29-3)22(28)27-11-5-6-16(14-27)19-20-21(26(2)25-19)24-10-9-23-20/h4,7-10,13,16H,1,5-6,11-12,14H2,2-3H3. The van der Waals surface area contributed by atoms with Gasteiger partial charge in [0, 0.05) is 44.0 Å². The zero-order chi connectivity index (χ0) is 21.1. The number of rotatable bonds is 6. The summed E-state index contributed by atoms with van der Waals surface area (Å²) < 4.78 is 12.7. The first-order valence-electron chi connectivity index (χ1n) is 9.97. The predicted octanol–water partition coefficient (Wildman–Crippen LogP) is 2.96. The van der Waals surface area contributed by atoms with Gasteiger partial charge in [-0.15, -0.1) is 0 Å². The first-order valence-corrected chi connectivity index (χ1v) is 9.97. The minimum Gasteiger partial charge on any atom is -0.493 e. The van der Waals surface area contributed by atoms with Gasteiger partial charge in [0.25, 0.3) is 5.91 Å². The summed E-state index contributed by atoms with van der Waals surface area (Å²) in [4.78, 5) is 23.9. The van der Waals surface area contributed by atoms with Crippen molar-refractivity contribution in [2.24, 2.45) is 7.05 Å². The van der Waals surface area contributed by atoms with E-state index in [4.69, 9.17) is 9.47 Å². The van der Waals surface area contributed by atoms with Crippen molar-refractivity contribution in [3.05, 3.63) is 54.5 Å². The van der Waals surface area contributed by atoms with E-state index in [1.54, 1.807) is 48.5 Å². The summed E-state index contributed by atoms with van der Waals surface area (Å²) in [5.74, 6) is 1.21. The summed E-state index contributed by atoms with van der Waals surface area (Å²) in [5.41, 5.74) is 3.05. The van der Waals surface area contributed by atoms with E-state index in [-0.39, 0.29) is 11.8 Å². The van der Waals surface area contributed by atoms with Crippen LogP contribution in [-0.4, -0.2) is 57.4 Å². The number of fused-ring (bicyclic) bond motifs is 1. The molecule has 0 saturated carbocycles. The molecule has 3 heterocycles. The van der Waals surface area contributed by atoms with Crippen LogP contribution in [-0.2, 0) is 7.05 Å². The Morgan fingerprint density at radius 2 is 2.13 bits per heavy atom. The first-order chi connectivity index (χ1) is 14.6. The molecule has 1 saturated heterocycles. The molecule has 30 heavy (non-hydrogen) atoms. The van der Waals surface area contributed by atoms with Crippen molar-refractivity contribution in [3.63, 3.8) is 0 Å². The molecular weight excluding hydrogens is 382 g/mol. The lowest BCUT2D eigenvalue weighted by molar-refractivity contribution is 0.0705. The minimum atomic E-state index is -0.0282. The Kier molecular flexibility index (Phi) is 5.65. The number of hydrogen-bond donors (Lipinski definition) is 0. The summed E-state index contributed by atoms with van der Waals surface area (Å²) in [6.07, 6.45) is 6.89. The fourth-order valence-electron chi connectivity index (χ4n) is 3.92. The van der Waals surface area contributed by atoms with Gasteiger partial charge in [0.15, 0.2) is 17.1 Å². The van der Waals surface area contributed by atoms with Gasteiger partial charge in [0.2, 0.25) is 0 Å². The lowest BCUT2D eigenvalue weighted by Crippen LogP contribution is -2.39. The quantitative estimate of drug-likeness (QED) is 0.585. The van der Waals surface area contributed by atoms with Crippen molar-refractivity contribution in [1.29, 1.82) is 0 Å². The molecule has 1 aliphatic rings. The average molecular weight is 407 g/mol. The molecule has 156 valence electrons. The van der Waals surface area contributed by atoms with Gasteiger partial charge in [0.05, 0.1) is 12.8 Å². The van der Waals surface area contributed by atoms with E-state index in [1.165, 1.54) is 0 Å². The molecule has 0 spiro atoms. The second-order valence-electron chi connectivity index (χ2n) is 7.29. The molecule has 2 aromatic heterocycles. The second-order valence-corrected chi connectivity index (χ2v) is 7.29. The van der Waals surface area contributed by atoms with E-state index < -0.39 is 0 Å². The van der Waals surface area contributed by atoms with Gasteiger partial charge < -0.3 is 14.4 Å². The molecule has 1 amide bonds. The van der Waals surface area contributed by atoms with Gasteiger partial charge in [0.1, 0.15) is 12.1 Å². The molecule has 8 heteroatoms. The van der Waals surface area contributed by atoms with Crippen LogP contribution in [0.25, 0.3) is 11.2 Å². The molecule has 0 bridgehead atoms. The van der Waals surface area contributed by atoms with Crippen molar-refractivity contribution in [3.8, 4) is 11.5 Å². The molecule has 1 fully saturated rings. The molecular formula is C22H25N5O3. The summed E-state index contributed by atoms with van der Waals surface area (Å²) in [6.45, 7) is 5.33. The maximum atomic E-state index is 13.2. The number of aryl methyl sites for hydroxylation is 1. The Labute approximate surface area is 175 Å². The number of methoxy groups -OCH3 is 1. The highest BCUT2D eigenvalue weighted by Gasteiger charge is 2.29. The van der Waals surface area contributed by atoms with Crippen LogP contribution in [0.1, 0.15) is 34.8 Å². The fraction of sp³-hybridized carbons (Fsp3) is 0.364. The van der Waals surface area contributed by atoms with Crippen LogP contribution in [0.5, 0.6) is 11.5 Å². The topological polar surface area (TPSA) is 82.4 Å². The SMILES string of the molecule is C=CCOc1ccc(C(=O)N2CCCC(c3nn(C)c4nccnc34)C2)cc1OC. The highest BCUT2D eigenvalue weighted by atomic mass is 16.5. The molecule has 1 atom stereocenters. The first kappa shape index (κ1) is 19.9. The van der Waals surface area contributed by atoms with Crippen LogP contribution >= 0.6 is 0 Å². The lowest BCUT2D eigenvalue weighted by atomic mass is 9.93. The van der Waals surface area contributed by atoms with E-state index in [0.29, 0.717) is 36.8 Å². The maximum absolute atomic E-state index is 13.2. The van der Waals surface area contributed by atoms with Crippen LogP contribution in [0.4, 0.5) is 0 Å². The van der Waals surface area contributed by atoms with Crippen molar-refractivity contribution in [1.82, 2.24) is 24.6 Å². The highest BCUT2D eigenvalue weighted by Crippen LogP contribution is 2.32. The Balaban J connectivity index is 1.56. The molecule has 4 rings (SSSR count). The van der Waals surface area contributed by atoms with Crippen LogP contribution in [0.15, 0.2) is 43.2 Å². The number of aromatic nitrogens is 4. The van der Waals surface area contributed by atoms with Crippen LogP contribution in [0.3, 0.4) is 0 Å². The van der Waals surface area contributed by atoms with Gasteiger partial charge in [-0.3, -0.25) is 4.79 Å². The molecule has 1 aromatic carbocycles. The fourth-order valence-corrected chi connectivity index (χ4v) is 3.92. The Bertz CT molecular complexity index is 1080. The van der Waals surface area contributed by atoms with E-state index in [9.17, 15) is 4.79 Å². The summed E-state index contributed by atoms with van der Waals surface area (Å²) in [6, 6.07) is 5.26.